The summed E-state index contributed by atoms with van der Waals surface area (Å²) in [6.45, 7) is 2.65. The molecule has 0 atom stereocenters. The van der Waals surface area contributed by atoms with Crippen molar-refractivity contribution in [3.05, 3.63) is 53.6 Å². The molecule has 0 aliphatic heterocycles. The summed E-state index contributed by atoms with van der Waals surface area (Å²) in [5.41, 5.74) is 1.37. The van der Waals surface area contributed by atoms with Crippen LogP contribution in [0.15, 0.2) is 36.7 Å². The van der Waals surface area contributed by atoms with Gasteiger partial charge in [0, 0.05) is 18.9 Å². The fraction of sp³-hybridized carbons (Fsp3) is 0.167. The molecule has 1 aromatic heterocycles. The second-order valence-corrected chi connectivity index (χ2v) is 3.60. The Morgan fingerprint density at radius 1 is 1.38 bits per heavy atom. The number of carboxylic acid groups (broad SMARTS) is 1. The molecule has 82 valence electrons. The SMILES string of the molecule is Cc1nccn1Cc1ccc(C(=O)O)cc1. The van der Waals surface area contributed by atoms with Gasteiger partial charge in [0.1, 0.15) is 5.82 Å². The van der Waals surface area contributed by atoms with E-state index in [0.29, 0.717) is 12.1 Å². The normalized spacial score (nSPS) is 10.3. The molecule has 0 radical (unpaired) electrons. The standard InChI is InChI=1S/C12H12N2O2/c1-9-13-6-7-14(9)8-10-2-4-11(5-3-10)12(15)16/h2-7H,8H2,1H3,(H,15,16). The average Bonchev–Trinajstić information content (AvgIpc) is 2.65. The summed E-state index contributed by atoms with van der Waals surface area (Å²) >= 11 is 0. The van der Waals surface area contributed by atoms with E-state index in [1.807, 2.05) is 29.8 Å². The lowest BCUT2D eigenvalue weighted by atomic mass is 10.1. The van der Waals surface area contributed by atoms with Crippen molar-refractivity contribution < 1.29 is 9.90 Å². The highest BCUT2D eigenvalue weighted by Gasteiger charge is 2.02. The molecular weight excluding hydrogens is 204 g/mol. The third-order valence-corrected chi connectivity index (χ3v) is 2.48. The van der Waals surface area contributed by atoms with Crippen molar-refractivity contribution in [3.8, 4) is 0 Å². The number of hydrogen-bond donors (Lipinski definition) is 1. The highest BCUT2D eigenvalue weighted by molar-refractivity contribution is 5.87. The van der Waals surface area contributed by atoms with E-state index in [2.05, 4.69) is 4.98 Å². The number of hydrogen-bond acceptors (Lipinski definition) is 2. The summed E-state index contributed by atoms with van der Waals surface area (Å²) in [6.07, 6.45) is 3.65. The van der Waals surface area contributed by atoms with Crippen molar-refractivity contribution in [2.75, 3.05) is 0 Å². The minimum Gasteiger partial charge on any atom is -0.478 e. The molecule has 1 heterocycles. The molecule has 0 spiro atoms. The summed E-state index contributed by atoms with van der Waals surface area (Å²) in [6, 6.07) is 6.87. The Balaban J connectivity index is 2.17. The van der Waals surface area contributed by atoms with E-state index in [1.165, 1.54) is 0 Å². The van der Waals surface area contributed by atoms with Gasteiger partial charge in [0.25, 0.3) is 0 Å². The Morgan fingerprint density at radius 3 is 2.56 bits per heavy atom. The summed E-state index contributed by atoms with van der Waals surface area (Å²) in [7, 11) is 0. The zero-order valence-electron chi connectivity index (χ0n) is 8.92. The lowest BCUT2D eigenvalue weighted by molar-refractivity contribution is 0.0697. The van der Waals surface area contributed by atoms with E-state index in [1.54, 1.807) is 18.3 Å². The van der Waals surface area contributed by atoms with Crippen LogP contribution in [0.5, 0.6) is 0 Å². The summed E-state index contributed by atoms with van der Waals surface area (Å²) in [5.74, 6) is 0.0488. The molecule has 0 saturated carbocycles. The van der Waals surface area contributed by atoms with Crippen LogP contribution in [0.1, 0.15) is 21.7 Å². The molecule has 1 aromatic carbocycles. The molecule has 0 bridgehead atoms. The minimum atomic E-state index is -0.898. The van der Waals surface area contributed by atoms with Crippen molar-refractivity contribution >= 4 is 5.97 Å². The van der Waals surface area contributed by atoms with Crippen LogP contribution in [0, 0.1) is 6.92 Å². The van der Waals surface area contributed by atoms with Gasteiger partial charge in [-0.3, -0.25) is 0 Å². The first kappa shape index (κ1) is 10.4. The quantitative estimate of drug-likeness (QED) is 0.853. The number of rotatable bonds is 3. The Bertz CT molecular complexity index is 500. The molecule has 4 nitrogen and oxygen atoms in total. The van der Waals surface area contributed by atoms with Crippen LogP contribution in [-0.4, -0.2) is 20.6 Å². The van der Waals surface area contributed by atoms with Gasteiger partial charge in [-0.05, 0) is 24.6 Å². The highest BCUT2D eigenvalue weighted by atomic mass is 16.4. The smallest absolute Gasteiger partial charge is 0.335 e. The van der Waals surface area contributed by atoms with E-state index in [0.717, 1.165) is 11.4 Å². The molecule has 0 aliphatic rings. The topological polar surface area (TPSA) is 55.1 Å². The third-order valence-electron chi connectivity index (χ3n) is 2.48. The molecule has 0 aliphatic carbocycles. The molecule has 2 aromatic rings. The number of carbonyl (C=O) groups is 1. The summed E-state index contributed by atoms with van der Waals surface area (Å²) < 4.78 is 2.01. The van der Waals surface area contributed by atoms with E-state index in [4.69, 9.17) is 5.11 Å². The maximum Gasteiger partial charge on any atom is 0.335 e. The Kier molecular flexibility index (Phi) is 2.72. The van der Waals surface area contributed by atoms with E-state index < -0.39 is 5.97 Å². The number of imidazole rings is 1. The lowest BCUT2D eigenvalue weighted by Crippen LogP contribution is -2.02. The van der Waals surface area contributed by atoms with Crippen molar-refractivity contribution in [2.45, 2.75) is 13.5 Å². The van der Waals surface area contributed by atoms with Gasteiger partial charge in [-0.1, -0.05) is 12.1 Å². The number of carboxylic acids is 1. The van der Waals surface area contributed by atoms with Gasteiger partial charge in [0.15, 0.2) is 0 Å². The zero-order valence-corrected chi connectivity index (χ0v) is 8.92. The average molecular weight is 216 g/mol. The number of aromatic nitrogens is 2. The number of nitrogens with zero attached hydrogens (tertiary/aromatic N) is 2. The summed E-state index contributed by atoms with van der Waals surface area (Å²) in [4.78, 5) is 14.8. The second-order valence-electron chi connectivity index (χ2n) is 3.60. The second kappa shape index (κ2) is 4.18. The van der Waals surface area contributed by atoms with Gasteiger partial charge in [0.2, 0.25) is 0 Å². The van der Waals surface area contributed by atoms with Crippen LogP contribution in [0.3, 0.4) is 0 Å². The number of aromatic carboxylic acids is 1. The minimum absolute atomic E-state index is 0.311. The maximum absolute atomic E-state index is 10.7. The highest BCUT2D eigenvalue weighted by Crippen LogP contribution is 2.07. The van der Waals surface area contributed by atoms with E-state index in [9.17, 15) is 4.79 Å². The zero-order chi connectivity index (χ0) is 11.5. The van der Waals surface area contributed by atoms with Crippen LogP contribution in [0.4, 0.5) is 0 Å². The van der Waals surface area contributed by atoms with Gasteiger partial charge in [-0.25, -0.2) is 9.78 Å². The molecule has 1 N–H and O–H groups in total. The van der Waals surface area contributed by atoms with Gasteiger partial charge >= 0.3 is 5.97 Å². The monoisotopic (exact) mass is 216 g/mol. The fourth-order valence-electron chi connectivity index (χ4n) is 1.52. The number of aryl methyl sites for hydroxylation is 1. The van der Waals surface area contributed by atoms with Crippen LogP contribution in [-0.2, 0) is 6.54 Å². The third kappa shape index (κ3) is 2.11. The first-order valence-electron chi connectivity index (χ1n) is 4.97. The van der Waals surface area contributed by atoms with Crippen LogP contribution < -0.4 is 0 Å². The Labute approximate surface area is 93.2 Å². The number of benzene rings is 1. The maximum atomic E-state index is 10.7. The van der Waals surface area contributed by atoms with Gasteiger partial charge in [-0.15, -0.1) is 0 Å². The van der Waals surface area contributed by atoms with Crippen LogP contribution in [0.2, 0.25) is 0 Å². The van der Waals surface area contributed by atoms with Crippen LogP contribution in [0.25, 0.3) is 0 Å². The Morgan fingerprint density at radius 2 is 2.06 bits per heavy atom. The van der Waals surface area contributed by atoms with Gasteiger partial charge in [-0.2, -0.15) is 0 Å². The largest absolute Gasteiger partial charge is 0.478 e. The predicted octanol–water partition coefficient (Wildman–Crippen LogP) is 1.94. The van der Waals surface area contributed by atoms with Crippen molar-refractivity contribution in [3.63, 3.8) is 0 Å². The molecular formula is C12H12N2O2. The molecule has 2 rings (SSSR count). The van der Waals surface area contributed by atoms with Crippen molar-refractivity contribution in [1.82, 2.24) is 9.55 Å². The first-order valence-corrected chi connectivity index (χ1v) is 4.97. The fourth-order valence-corrected chi connectivity index (χ4v) is 1.52. The van der Waals surface area contributed by atoms with Crippen molar-refractivity contribution in [2.24, 2.45) is 0 Å². The lowest BCUT2D eigenvalue weighted by Gasteiger charge is -2.05. The molecule has 0 saturated heterocycles. The molecule has 0 amide bonds. The Hall–Kier alpha value is -2.10. The van der Waals surface area contributed by atoms with Crippen molar-refractivity contribution in [1.29, 1.82) is 0 Å². The van der Waals surface area contributed by atoms with Crippen LogP contribution >= 0.6 is 0 Å². The van der Waals surface area contributed by atoms with E-state index >= 15 is 0 Å². The molecule has 4 heteroatoms. The summed E-state index contributed by atoms with van der Waals surface area (Å²) in [5, 5.41) is 8.76. The molecule has 0 unspecified atom stereocenters. The van der Waals surface area contributed by atoms with E-state index in [-0.39, 0.29) is 0 Å². The van der Waals surface area contributed by atoms with Gasteiger partial charge in [0.05, 0.1) is 5.56 Å². The first-order chi connectivity index (χ1) is 7.66. The predicted molar refractivity (Wildman–Crippen MR) is 59.5 cm³/mol. The van der Waals surface area contributed by atoms with Gasteiger partial charge < -0.3 is 9.67 Å². The molecule has 0 fully saturated rings. The molecule has 16 heavy (non-hydrogen) atoms.